The van der Waals surface area contributed by atoms with Gasteiger partial charge in [0.25, 0.3) is 5.91 Å². The Morgan fingerprint density at radius 2 is 2.17 bits per heavy atom. The highest BCUT2D eigenvalue weighted by atomic mass is 16.5. The summed E-state index contributed by atoms with van der Waals surface area (Å²) in [7, 11) is 1.90. The Hall–Kier alpha value is -2.91. The molecule has 0 saturated carbocycles. The van der Waals surface area contributed by atoms with Crippen LogP contribution < -0.4 is 20.7 Å². The van der Waals surface area contributed by atoms with E-state index in [4.69, 9.17) is 4.74 Å². The highest BCUT2D eigenvalue weighted by Gasteiger charge is 2.21. The Bertz CT molecular complexity index is 817. The maximum absolute atomic E-state index is 12.5. The fourth-order valence-corrected chi connectivity index (χ4v) is 3.25. The number of carbonyl (C=O) groups excluding carboxylic acids is 2. The topological polar surface area (TPSA) is 98.3 Å². The van der Waals surface area contributed by atoms with Gasteiger partial charge < -0.3 is 30.5 Å². The minimum absolute atomic E-state index is 0.148. The zero-order valence-electron chi connectivity index (χ0n) is 17.6. The molecule has 0 aromatic heterocycles. The lowest BCUT2D eigenvalue weighted by Gasteiger charge is -2.27. The number of hydrogen-bond acceptors (Lipinski definition) is 7. The first-order chi connectivity index (χ1) is 14.6. The number of amides is 2. The Kier molecular flexibility index (Phi) is 7.81. The third kappa shape index (κ3) is 5.80. The van der Waals surface area contributed by atoms with Crippen LogP contribution in [0.5, 0.6) is 5.75 Å². The van der Waals surface area contributed by atoms with Crippen LogP contribution in [0.1, 0.15) is 23.7 Å². The highest BCUT2D eigenvalue weighted by molar-refractivity contribution is 6.05. The molecule has 2 aliphatic heterocycles. The van der Waals surface area contributed by atoms with E-state index < -0.39 is 0 Å². The first kappa shape index (κ1) is 21.8. The van der Waals surface area contributed by atoms with Crippen molar-refractivity contribution in [3.05, 3.63) is 35.7 Å². The number of carbonyl (C=O) groups is 2. The zero-order valence-corrected chi connectivity index (χ0v) is 17.6. The van der Waals surface area contributed by atoms with Crippen molar-refractivity contribution in [1.29, 1.82) is 0 Å². The monoisotopic (exact) mass is 414 g/mol. The predicted octanol–water partition coefficient (Wildman–Crippen LogP) is 0.673. The number of piperazine rings is 1. The Labute approximate surface area is 177 Å². The van der Waals surface area contributed by atoms with Crippen LogP contribution >= 0.6 is 0 Å². The molecule has 0 atom stereocenters. The lowest BCUT2D eigenvalue weighted by molar-refractivity contribution is -0.108. The molecule has 2 amide bonds. The van der Waals surface area contributed by atoms with Crippen molar-refractivity contribution >= 4 is 23.8 Å². The molecule has 0 spiro atoms. The molecule has 0 bridgehead atoms. The third-order valence-corrected chi connectivity index (χ3v) is 5.09. The lowest BCUT2D eigenvalue weighted by atomic mass is 10.1. The fraction of sp³-hybridized carbons (Fsp3) is 0.476. The van der Waals surface area contributed by atoms with E-state index in [1.54, 1.807) is 24.4 Å². The van der Waals surface area contributed by atoms with Crippen molar-refractivity contribution < 1.29 is 14.3 Å². The van der Waals surface area contributed by atoms with Crippen molar-refractivity contribution in [3.63, 3.8) is 0 Å². The first-order valence-corrected chi connectivity index (χ1v) is 10.3. The van der Waals surface area contributed by atoms with Crippen LogP contribution in [-0.4, -0.2) is 80.8 Å². The predicted molar refractivity (Wildman–Crippen MR) is 116 cm³/mol. The van der Waals surface area contributed by atoms with Crippen LogP contribution in [-0.2, 0) is 4.79 Å². The molecule has 2 aliphatic rings. The lowest BCUT2D eigenvalue weighted by Crippen LogP contribution is -2.44. The van der Waals surface area contributed by atoms with E-state index in [1.165, 1.54) is 0 Å². The average molecular weight is 415 g/mol. The maximum Gasteiger partial charge on any atom is 0.251 e. The second-order valence-corrected chi connectivity index (χ2v) is 7.27. The van der Waals surface area contributed by atoms with Gasteiger partial charge in [0.05, 0.1) is 0 Å². The van der Waals surface area contributed by atoms with E-state index in [-0.39, 0.29) is 5.91 Å². The largest absolute Gasteiger partial charge is 0.450 e. The molecule has 3 rings (SSSR count). The van der Waals surface area contributed by atoms with Gasteiger partial charge in [-0.2, -0.15) is 0 Å². The number of ether oxygens (including phenoxy) is 1. The summed E-state index contributed by atoms with van der Waals surface area (Å²) >= 11 is 0. The summed E-state index contributed by atoms with van der Waals surface area (Å²) in [5, 5.41) is 8.86. The molecule has 3 N–H and O–H groups in total. The number of benzene rings is 1. The summed E-state index contributed by atoms with van der Waals surface area (Å²) in [4.78, 5) is 32.3. The third-order valence-electron chi connectivity index (χ3n) is 5.09. The molecule has 0 aliphatic carbocycles. The molecular weight excluding hydrogens is 384 g/mol. The molecule has 9 nitrogen and oxygen atoms in total. The van der Waals surface area contributed by atoms with Gasteiger partial charge in [-0.25, -0.2) is 4.99 Å². The molecule has 1 fully saturated rings. The van der Waals surface area contributed by atoms with Gasteiger partial charge in [0.2, 0.25) is 6.41 Å². The fourth-order valence-electron chi connectivity index (χ4n) is 3.25. The smallest absolute Gasteiger partial charge is 0.251 e. The number of nitrogens with zero attached hydrogens (tertiary/aromatic N) is 3. The molecule has 1 saturated heterocycles. The molecule has 0 radical (unpaired) electrons. The molecule has 162 valence electrons. The van der Waals surface area contributed by atoms with Gasteiger partial charge in [-0.3, -0.25) is 9.59 Å². The maximum atomic E-state index is 12.5. The Morgan fingerprint density at radius 3 is 2.90 bits per heavy atom. The minimum Gasteiger partial charge on any atom is -0.450 e. The number of rotatable bonds is 8. The van der Waals surface area contributed by atoms with E-state index in [0.717, 1.165) is 45.7 Å². The second kappa shape index (κ2) is 10.7. The number of amidine groups is 1. The zero-order chi connectivity index (χ0) is 21.3. The summed E-state index contributed by atoms with van der Waals surface area (Å²) in [5.74, 6) is 1.15. The second-order valence-electron chi connectivity index (χ2n) is 7.27. The van der Waals surface area contributed by atoms with Crippen molar-refractivity contribution in [1.82, 2.24) is 25.8 Å². The van der Waals surface area contributed by atoms with Crippen LogP contribution in [0.2, 0.25) is 0 Å². The van der Waals surface area contributed by atoms with Crippen molar-refractivity contribution in [2.75, 3.05) is 52.9 Å². The van der Waals surface area contributed by atoms with Crippen molar-refractivity contribution in [3.8, 4) is 5.75 Å². The van der Waals surface area contributed by atoms with Crippen LogP contribution in [0.3, 0.4) is 0 Å². The van der Waals surface area contributed by atoms with Crippen molar-refractivity contribution in [2.24, 2.45) is 4.99 Å². The molecular formula is C21H30N6O3. The van der Waals surface area contributed by atoms with Gasteiger partial charge >= 0.3 is 0 Å². The quantitative estimate of drug-likeness (QED) is 0.427. The van der Waals surface area contributed by atoms with Gasteiger partial charge in [0.15, 0.2) is 17.3 Å². The number of nitrogens with one attached hydrogen (secondary N) is 3. The van der Waals surface area contributed by atoms with Gasteiger partial charge in [-0.15, -0.1) is 0 Å². The van der Waals surface area contributed by atoms with E-state index in [1.807, 2.05) is 18.9 Å². The van der Waals surface area contributed by atoms with Crippen LogP contribution in [0, 0.1) is 0 Å². The van der Waals surface area contributed by atoms with E-state index in [0.29, 0.717) is 41.5 Å². The Morgan fingerprint density at radius 1 is 1.37 bits per heavy atom. The van der Waals surface area contributed by atoms with E-state index in [2.05, 4.69) is 25.8 Å². The normalized spacial score (nSPS) is 17.5. The molecule has 2 heterocycles. The number of fused-ring (bicyclic) bond motifs is 1. The van der Waals surface area contributed by atoms with Gasteiger partial charge in [-0.1, -0.05) is 0 Å². The molecule has 30 heavy (non-hydrogen) atoms. The molecule has 1 aromatic carbocycles. The van der Waals surface area contributed by atoms with Crippen LogP contribution in [0.4, 0.5) is 5.69 Å². The number of aliphatic imine (C=N–C) groups is 1. The van der Waals surface area contributed by atoms with E-state index >= 15 is 0 Å². The first-order valence-electron chi connectivity index (χ1n) is 10.3. The molecule has 9 heteroatoms. The summed E-state index contributed by atoms with van der Waals surface area (Å²) in [6.45, 7) is 8.54. The molecule has 0 unspecified atom stereocenters. The Balaban J connectivity index is 1.62. The summed E-state index contributed by atoms with van der Waals surface area (Å²) in [6, 6.07) is 5.12. The SMILES string of the molecule is CCN(C)/C=C1/Oc2ccc(C(=O)NCCCN3CCNCC3)cc2N=C1NC=O. The summed E-state index contributed by atoms with van der Waals surface area (Å²) in [5.41, 5.74) is 1.01. The van der Waals surface area contributed by atoms with Crippen molar-refractivity contribution in [2.45, 2.75) is 13.3 Å². The van der Waals surface area contributed by atoms with E-state index in [9.17, 15) is 9.59 Å². The summed E-state index contributed by atoms with van der Waals surface area (Å²) in [6.07, 6.45) is 3.24. The van der Waals surface area contributed by atoms with Gasteiger partial charge in [0, 0.05) is 58.1 Å². The summed E-state index contributed by atoms with van der Waals surface area (Å²) < 4.78 is 5.89. The van der Waals surface area contributed by atoms with Gasteiger partial charge in [0.1, 0.15) is 5.69 Å². The molecule has 1 aromatic rings. The minimum atomic E-state index is -0.148. The average Bonchev–Trinajstić information content (AvgIpc) is 2.77. The van der Waals surface area contributed by atoms with Gasteiger partial charge in [-0.05, 0) is 38.1 Å². The number of hydrogen-bond donors (Lipinski definition) is 3. The van der Waals surface area contributed by atoms with Crippen LogP contribution in [0.25, 0.3) is 0 Å². The standard InChI is InChI=1S/C21H30N6O3/c1-3-26(2)14-19-20(24-15-28)25-17-13-16(5-6-18(17)30-19)21(29)23-7-4-10-27-11-8-22-9-12-27/h5-6,13-15,22H,3-4,7-12H2,1-2H3,(H,23,29)(H,24,25,28)/b19-14+. The highest BCUT2D eigenvalue weighted by Crippen LogP contribution is 2.34. The van der Waals surface area contributed by atoms with Crippen LogP contribution in [0.15, 0.2) is 35.2 Å².